The molecule has 0 bridgehead atoms. The Morgan fingerprint density at radius 3 is 3.00 bits per heavy atom. The highest BCUT2D eigenvalue weighted by atomic mass is 16.3. The number of nitrogens with zero attached hydrogens (tertiary/aromatic N) is 3. The predicted molar refractivity (Wildman–Crippen MR) is 78.5 cm³/mol. The third-order valence-corrected chi connectivity index (χ3v) is 4.19. The molecular weight excluding hydrogens is 250 g/mol. The van der Waals surface area contributed by atoms with Crippen LogP contribution in [-0.4, -0.2) is 29.3 Å². The van der Waals surface area contributed by atoms with Crippen LogP contribution in [0.5, 0.6) is 0 Å². The number of hydrogen-bond donors (Lipinski definition) is 1. The van der Waals surface area contributed by atoms with E-state index in [-0.39, 0.29) is 12.6 Å². The van der Waals surface area contributed by atoms with Gasteiger partial charge < -0.3 is 10.0 Å². The Kier molecular flexibility index (Phi) is 3.29. The molecule has 20 heavy (non-hydrogen) atoms. The van der Waals surface area contributed by atoms with Crippen LogP contribution in [0.4, 0.5) is 5.82 Å². The van der Waals surface area contributed by atoms with E-state index in [1.54, 1.807) is 0 Å². The van der Waals surface area contributed by atoms with Gasteiger partial charge in [-0.2, -0.15) is 5.26 Å². The fourth-order valence-electron chi connectivity index (χ4n) is 2.97. The molecule has 102 valence electrons. The topological polar surface area (TPSA) is 60.2 Å². The summed E-state index contributed by atoms with van der Waals surface area (Å²) in [6.45, 7) is 3.15. The van der Waals surface area contributed by atoms with E-state index in [0.29, 0.717) is 11.5 Å². The minimum absolute atomic E-state index is 0.0928. The molecule has 1 aliphatic rings. The van der Waals surface area contributed by atoms with E-state index in [9.17, 15) is 10.4 Å². The minimum atomic E-state index is 0.0928. The van der Waals surface area contributed by atoms with E-state index >= 15 is 0 Å². The number of aromatic nitrogens is 1. The van der Waals surface area contributed by atoms with Crippen molar-refractivity contribution < 1.29 is 5.11 Å². The van der Waals surface area contributed by atoms with Crippen molar-refractivity contribution in [2.75, 3.05) is 18.1 Å². The van der Waals surface area contributed by atoms with Crippen molar-refractivity contribution in [3.63, 3.8) is 0 Å². The first kappa shape index (κ1) is 12.9. The van der Waals surface area contributed by atoms with Gasteiger partial charge in [0.05, 0.1) is 29.8 Å². The molecule has 0 amide bonds. The second-order valence-electron chi connectivity index (χ2n) is 5.37. The van der Waals surface area contributed by atoms with E-state index in [0.717, 1.165) is 29.7 Å². The lowest BCUT2D eigenvalue weighted by atomic mass is 10.0. The van der Waals surface area contributed by atoms with Gasteiger partial charge in [-0.15, -0.1) is 0 Å². The van der Waals surface area contributed by atoms with Gasteiger partial charge in [0.25, 0.3) is 0 Å². The first-order chi connectivity index (χ1) is 9.74. The summed E-state index contributed by atoms with van der Waals surface area (Å²) >= 11 is 0. The zero-order valence-corrected chi connectivity index (χ0v) is 11.5. The summed E-state index contributed by atoms with van der Waals surface area (Å²) < 4.78 is 0. The Hall–Kier alpha value is -2.12. The van der Waals surface area contributed by atoms with E-state index in [4.69, 9.17) is 0 Å². The number of benzene rings is 1. The Labute approximate surface area is 118 Å². The summed E-state index contributed by atoms with van der Waals surface area (Å²) in [5, 5.41) is 19.8. The van der Waals surface area contributed by atoms with Crippen molar-refractivity contribution in [1.29, 1.82) is 5.26 Å². The molecule has 1 aromatic heterocycles. The molecule has 1 saturated heterocycles. The molecule has 2 unspecified atom stereocenters. The number of nitriles is 1. The highest BCUT2D eigenvalue weighted by Crippen LogP contribution is 2.30. The van der Waals surface area contributed by atoms with Crippen LogP contribution >= 0.6 is 0 Å². The monoisotopic (exact) mass is 267 g/mol. The van der Waals surface area contributed by atoms with E-state index in [1.165, 1.54) is 0 Å². The maximum atomic E-state index is 9.57. The van der Waals surface area contributed by atoms with Crippen molar-refractivity contribution in [1.82, 2.24) is 4.98 Å². The molecule has 1 aliphatic heterocycles. The lowest BCUT2D eigenvalue weighted by molar-refractivity contribution is 0.244. The molecule has 3 rings (SSSR count). The molecule has 1 aromatic carbocycles. The van der Waals surface area contributed by atoms with Crippen molar-refractivity contribution in [2.24, 2.45) is 5.92 Å². The molecule has 0 spiro atoms. The summed E-state index contributed by atoms with van der Waals surface area (Å²) in [5.41, 5.74) is 1.47. The number of anilines is 1. The molecule has 1 fully saturated rings. The van der Waals surface area contributed by atoms with Crippen molar-refractivity contribution >= 4 is 16.7 Å². The van der Waals surface area contributed by atoms with Crippen LogP contribution in [0.3, 0.4) is 0 Å². The number of hydrogen-bond acceptors (Lipinski definition) is 4. The SMILES string of the molecule is CC1CCN(c2cc(C#N)c3ccccc3n2)C1CO. The van der Waals surface area contributed by atoms with Gasteiger partial charge in [0, 0.05) is 11.9 Å². The standard InChI is InChI=1S/C16H17N3O/c1-11-6-7-19(15(11)10-20)16-8-12(9-17)13-4-2-3-5-14(13)18-16/h2-5,8,11,15,20H,6-7,10H2,1H3. The smallest absolute Gasteiger partial charge is 0.130 e. The van der Waals surface area contributed by atoms with Crippen LogP contribution in [0, 0.1) is 17.2 Å². The van der Waals surface area contributed by atoms with Crippen molar-refractivity contribution in [2.45, 2.75) is 19.4 Å². The van der Waals surface area contributed by atoms with Crippen LogP contribution in [0.25, 0.3) is 10.9 Å². The summed E-state index contributed by atoms with van der Waals surface area (Å²) in [7, 11) is 0. The summed E-state index contributed by atoms with van der Waals surface area (Å²) in [6.07, 6.45) is 1.04. The molecule has 2 aromatic rings. The summed E-state index contributed by atoms with van der Waals surface area (Å²) in [6, 6.07) is 11.9. The predicted octanol–water partition coefficient (Wildman–Crippen LogP) is 2.31. The van der Waals surface area contributed by atoms with Crippen LogP contribution < -0.4 is 4.90 Å². The average Bonchev–Trinajstić information content (AvgIpc) is 2.86. The zero-order chi connectivity index (χ0) is 14.1. The minimum Gasteiger partial charge on any atom is -0.394 e. The van der Waals surface area contributed by atoms with Crippen LogP contribution in [-0.2, 0) is 0 Å². The van der Waals surface area contributed by atoms with Gasteiger partial charge in [-0.1, -0.05) is 25.1 Å². The Bertz CT molecular complexity index is 677. The molecule has 4 heteroatoms. The van der Waals surface area contributed by atoms with Crippen LogP contribution in [0.15, 0.2) is 30.3 Å². The maximum absolute atomic E-state index is 9.57. The van der Waals surface area contributed by atoms with Gasteiger partial charge in [-0.05, 0) is 24.5 Å². The molecular formula is C16H17N3O. The van der Waals surface area contributed by atoms with E-state index < -0.39 is 0 Å². The second-order valence-corrected chi connectivity index (χ2v) is 5.37. The second kappa shape index (κ2) is 5.10. The molecule has 0 saturated carbocycles. The largest absolute Gasteiger partial charge is 0.394 e. The third-order valence-electron chi connectivity index (χ3n) is 4.19. The number of fused-ring (bicyclic) bond motifs is 1. The Morgan fingerprint density at radius 1 is 1.45 bits per heavy atom. The number of para-hydroxylation sites is 1. The maximum Gasteiger partial charge on any atom is 0.130 e. The lowest BCUT2D eigenvalue weighted by Gasteiger charge is -2.26. The van der Waals surface area contributed by atoms with Gasteiger partial charge in [0.2, 0.25) is 0 Å². The first-order valence-corrected chi connectivity index (χ1v) is 6.92. The number of pyridine rings is 1. The molecule has 2 atom stereocenters. The number of aliphatic hydroxyl groups excluding tert-OH is 1. The summed E-state index contributed by atoms with van der Waals surface area (Å²) in [4.78, 5) is 6.79. The van der Waals surface area contributed by atoms with E-state index in [1.807, 2.05) is 30.3 Å². The van der Waals surface area contributed by atoms with Gasteiger partial charge in [0.1, 0.15) is 5.82 Å². The van der Waals surface area contributed by atoms with Gasteiger partial charge in [-0.25, -0.2) is 4.98 Å². The molecule has 2 heterocycles. The highest BCUT2D eigenvalue weighted by molar-refractivity contribution is 5.86. The quantitative estimate of drug-likeness (QED) is 0.907. The van der Waals surface area contributed by atoms with Gasteiger partial charge in [-0.3, -0.25) is 0 Å². The molecule has 1 N–H and O–H groups in total. The Balaban J connectivity index is 2.11. The molecule has 4 nitrogen and oxygen atoms in total. The fourth-order valence-corrected chi connectivity index (χ4v) is 2.97. The van der Waals surface area contributed by atoms with Crippen molar-refractivity contribution in [3.05, 3.63) is 35.9 Å². The Morgan fingerprint density at radius 2 is 2.25 bits per heavy atom. The number of rotatable bonds is 2. The average molecular weight is 267 g/mol. The third kappa shape index (κ3) is 2.00. The van der Waals surface area contributed by atoms with Crippen LogP contribution in [0.1, 0.15) is 18.9 Å². The zero-order valence-electron chi connectivity index (χ0n) is 11.5. The van der Waals surface area contributed by atoms with Crippen molar-refractivity contribution in [3.8, 4) is 6.07 Å². The van der Waals surface area contributed by atoms with Gasteiger partial charge in [0.15, 0.2) is 0 Å². The van der Waals surface area contributed by atoms with Crippen LogP contribution in [0.2, 0.25) is 0 Å². The normalized spacial score (nSPS) is 22.1. The highest BCUT2D eigenvalue weighted by Gasteiger charge is 2.31. The lowest BCUT2D eigenvalue weighted by Crippen LogP contribution is -2.35. The molecule has 0 radical (unpaired) electrons. The molecule has 0 aliphatic carbocycles. The van der Waals surface area contributed by atoms with E-state index in [2.05, 4.69) is 22.9 Å². The first-order valence-electron chi connectivity index (χ1n) is 6.92. The fraction of sp³-hybridized carbons (Fsp3) is 0.375. The summed E-state index contributed by atoms with van der Waals surface area (Å²) in [5.74, 6) is 1.24. The van der Waals surface area contributed by atoms with Gasteiger partial charge >= 0.3 is 0 Å². The number of aliphatic hydroxyl groups is 1.